The summed E-state index contributed by atoms with van der Waals surface area (Å²) < 4.78 is 0. The van der Waals surface area contributed by atoms with Gasteiger partial charge >= 0.3 is 0 Å². The third-order valence-electron chi connectivity index (χ3n) is 4.50. The molecule has 21 heavy (non-hydrogen) atoms. The van der Waals surface area contributed by atoms with Crippen molar-refractivity contribution in [3.63, 3.8) is 0 Å². The van der Waals surface area contributed by atoms with Gasteiger partial charge in [-0.1, -0.05) is 25.1 Å². The summed E-state index contributed by atoms with van der Waals surface area (Å²) in [4.78, 5) is 0. The lowest BCUT2D eigenvalue weighted by Crippen LogP contribution is -2.09. The van der Waals surface area contributed by atoms with E-state index >= 15 is 0 Å². The molecule has 0 spiro atoms. The van der Waals surface area contributed by atoms with Gasteiger partial charge in [-0.2, -0.15) is 0 Å². The molecule has 1 aliphatic carbocycles. The van der Waals surface area contributed by atoms with Crippen LogP contribution >= 0.6 is 0 Å². The molecular weight excluding hydrogens is 262 g/mol. The molecule has 2 aromatic rings. The minimum Gasteiger partial charge on any atom is -0.507 e. The number of phenols is 2. The molecule has 0 fully saturated rings. The van der Waals surface area contributed by atoms with Crippen molar-refractivity contribution < 1.29 is 10.2 Å². The lowest BCUT2D eigenvalue weighted by Gasteiger charge is -2.18. The van der Waals surface area contributed by atoms with Crippen LogP contribution in [0.25, 0.3) is 11.1 Å². The Morgan fingerprint density at radius 2 is 1.81 bits per heavy atom. The second-order valence-corrected chi connectivity index (χ2v) is 6.00. The predicted octanol–water partition coefficient (Wildman–Crippen LogP) is 3.83. The fraction of sp³-hybridized carbons (Fsp3) is 0.333. The first kappa shape index (κ1) is 14.0. The Kier molecular flexibility index (Phi) is 3.38. The van der Waals surface area contributed by atoms with Gasteiger partial charge in [0.15, 0.2) is 0 Å². The van der Waals surface area contributed by atoms with E-state index in [9.17, 15) is 10.2 Å². The van der Waals surface area contributed by atoms with Gasteiger partial charge < -0.3 is 15.9 Å². The number of hydrogen-bond acceptors (Lipinski definition) is 3. The van der Waals surface area contributed by atoms with E-state index < -0.39 is 0 Å². The maximum absolute atomic E-state index is 10.4. The SMILES string of the molecule is CC1CCc2c([C@H](C)N)ccc(O)c2-c2c(O)cccc21. The molecule has 2 atom stereocenters. The average molecular weight is 283 g/mol. The Morgan fingerprint density at radius 3 is 2.52 bits per heavy atom. The molecule has 0 radical (unpaired) electrons. The van der Waals surface area contributed by atoms with E-state index in [0.29, 0.717) is 5.92 Å². The van der Waals surface area contributed by atoms with Gasteiger partial charge in [-0.15, -0.1) is 0 Å². The van der Waals surface area contributed by atoms with E-state index in [4.69, 9.17) is 5.73 Å². The highest BCUT2D eigenvalue weighted by Gasteiger charge is 2.26. The van der Waals surface area contributed by atoms with E-state index in [0.717, 1.165) is 40.7 Å². The Labute approximate surface area is 125 Å². The fourth-order valence-corrected chi connectivity index (χ4v) is 3.38. The Hall–Kier alpha value is -2.00. The first-order valence-electron chi connectivity index (χ1n) is 7.43. The molecule has 3 heteroatoms. The summed E-state index contributed by atoms with van der Waals surface area (Å²) in [5, 5.41) is 20.8. The molecule has 4 N–H and O–H groups in total. The molecule has 1 aliphatic rings. The van der Waals surface area contributed by atoms with Gasteiger partial charge in [-0.25, -0.2) is 0 Å². The smallest absolute Gasteiger partial charge is 0.123 e. The highest BCUT2D eigenvalue weighted by molar-refractivity contribution is 5.83. The minimum atomic E-state index is -0.0953. The van der Waals surface area contributed by atoms with Crippen molar-refractivity contribution in [2.24, 2.45) is 5.73 Å². The molecule has 3 nitrogen and oxygen atoms in total. The number of aromatic hydroxyl groups is 2. The average Bonchev–Trinajstić information content (AvgIpc) is 2.59. The summed E-state index contributed by atoms with van der Waals surface area (Å²) in [6.07, 6.45) is 1.84. The summed E-state index contributed by atoms with van der Waals surface area (Å²) >= 11 is 0. The van der Waals surface area contributed by atoms with Gasteiger partial charge in [0.2, 0.25) is 0 Å². The first-order valence-corrected chi connectivity index (χ1v) is 7.43. The van der Waals surface area contributed by atoms with Crippen molar-refractivity contribution in [3.8, 4) is 22.6 Å². The number of phenolic OH excluding ortho intramolecular Hbond substituents is 2. The van der Waals surface area contributed by atoms with Crippen LogP contribution in [0.5, 0.6) is 11.5 Å². The van der Waals surface area contributed by atoms with Crippen LogP contribution in [0.2, 0.25) is 0 Å². The molecule has 3 rings (SSSR count). The van der Waals surface area contributed by atoms with Crippen LogP contribution in [0.4, 0.5) is 0 Å². The monoisotopic (exact) mass is 283 g/mol. The molecule has 0 aromatic heterocycles. The molecule has 0 aliphatic heterocycles. The zero-order valence-corrected chi connectivity index (χ0v) is 12.4. The van der Waals surface area contributed by atoms with Crippen LogP contribution < -0.4 is 5.73 Å². The van der Waals surface area contributed by atoms with Gasteiger partial charge in [0.1, 0.15) is 11.5 Å². The number of hydrogen-bond donors (Lipinski definition) is 3. The van der Waals surface area contributed by atoms with Crippen LogP contribution in [-0.2, 0) is 6.42 Å². The molecule has 0 amide bonds. The highest BCUT2D eigenvalue weighted by atomic mass is 16.3. The molecule has 0 heterocycles. The van der Waals surface area contributed by atoms with Crippen LogP contribution in [0.1, 0.15) is 48.9 Å². The molecule has 0 saturated carbocycles. The van der Waals surface area contributed by atoms with Gasteiger partial charge in [-0.05, 0) is 54.5 Å². The number of fused-ring (bicyclic) bond motifs is 3. The van der Waals surface area contributed by atoms with Crippen LogP contribution in [0, 0.1) is 0 Å². The van der Waals surface area contributed by atoms with E-state index in [1.807, 2.05) is 25.1 Å². The second-order valence-electron chi connectivity index (χ2n) is 6.00. The van der Waals surface area contributed by atoms with Crippen molar-refractivity contribution in [2.75, 3.05) is 0 Å². The molecule has 2 aromatic carbocycles. The highest BCUT2D eigenvalue weighted by Crippen LogP contribution is 2.47. The van der Waals surface area contributed by atoms with Gasteiger partial charge in [0, 0.05) is 17.2 Å². The quantitative estimate of drug-likeness (QED) is 0.745. The van der Waals surface area contributed by atoms with Crippen molar-refractivity contribution in [1.82, 2.24) is 0 Å². The van der Waals surface area contributed by atoms with E-state index in [1.54, 1.807) is 12.1 Å². The van der Waals surface area contributed by atoms with Gasteiger partial charge in [0.25, 0.3) is 0 Å². The van der Waals surface area contributed by atoms with Crippen LogP contribution in [0.15, 0.2) is 30.3 Å². The van der Waals surface area contributed by atoms with Crippen molar-refractivity contribution >= 4 is 0 Å². The zero-order chi connectivity index (χ0) is 15.1. The van der Waals surface area contributed by atoms with Gasteiger partial charge in [0.05, 0.1) is 0 Å². The fourth-order valence-electron chi connectivity index (χ4n) is 3.38. The lowest BCUT2D eigenvalue weighted by atomic mass is 9.89. The predicted molar refractivity (Wildman–Crippen MR) is 84.5 cm³/mol. The van der Waals surface area contributed by atoms with Crippen LogP contribution in [-0.4, -0.2) is 10.2 Å². The maximum Gasteiger partial charge on any atom is 0.123 e. The number of rotatable bonds is 1. The Balaban J connectivity index is 2.39. The van der Waals surface area contributed by atoms with E-state index in [2.05, 4.69) is 6.92 Å². The van der Waals surface area contributed by atoms with E-state index in [-0.39, 0.29) is 17.5 Å². The molecule has 0 saturated heterocycles. The Morgan fingerprint density at radius 1 is 1.10 bits per heavy atom. The van der Waals surface area contributed by atoms with Gasteiger partial charge in [-0.3, -0.25) is 0 Å². The molecular formula is C18H21NO2. The Bertz CT molecular complexity index is 692. The second kappa shape index (κ2) is 5.08. The summed E-state index contributed by atoms with van der Waals surface area (Å²) in [6, 6.07) is 9.06. The summed E-state index contributed by atoms with van der Waals surface area (Å²) in [5.41, 5.74) is 10.8. The number of benzene rings is 2. The van der Waals surface area contributed by atoms with Crippen LogP contribution in [0.3, 0.4) is 0 Å². The molecule has 110 valence electrons. The maximum atomic E-state index is 10.4. The van der Waals surface area contributed by atoms with E-state index in [1.165, 1.54) is 0 Å². The summed E-state index contributed by atoms with van der Waals surface area (Å²) in [7, 11) is 0. The minimum absolute atomic E-state index is 0.0953. The lowest BCUT2D eigenvalue weighted by molar-refractivity contribution is 0.468. The third kappa shape index (κ3) is 2.18. The standard InChI is InChI=1S/C18H21NO2/c1-10-6-7-14-13(11(2)19)8-9-16(21)18(14)17-12(10)4-3-5-15(17)20/h3-5,8-11,20-21H,6-7,19H2,1-2H3/t10?,11-/m0/s1. The molecule has 1 unspecified atom stereocenters. The summed E-state index contributed by atoms with van der Waals surface area (Å²) in [5.74, 6) is 0.769. The largest absolute Gasteiger partial charge is 0.507 e. The first-order chi connectivity index (χ1) is 10.0. The number of nitrogens with two attached hydrogens (primary N) is 1. The van der Waals surface area contributed by atoms with Crippen molar-refractivity contribution in [1.29, 1.82) is 0 Å². The zero-order valence-electron chi connectivity index (χ0n) is 12.4. The normalized spacial score (nSPS) is 18.5. The molecule has 0 bridgehead atoms. The third-order valence-corrected chi connectivity index (χ3v) is 4.50. The topological polar surface area (TPSA) is 66.5 Å². The van der Waals surface area contributed by atoms with Crippen molar-refractivity contribution in [3.05, 3.63) is 47.0 Å². The summed E-state index contributed by atoms with van der Waals surface area (Å²) in [6.45, 7) is 4.11. The van der Waals surface area contributed by atoms with Crippen molar-refractivity contribution in [2.45, 2.75) is 38.6 Å².